The lowest BCUT2D eigenvalue weighted by molar-refractivity contribution is 0.132. The average molecular weight is 285 g/mol. The highest BCUT2D eigenvalue weighted by Crippen LogP contribution is 2.21. The molecule has 0 bridgehead atoms. The number of hydrogen-bond acceptors (Lipinski definition) is 3. The van der Waals surface area contributed by atoms with Crippen LogP contribution in [0.4, 0.5) is 8.78 Å². The quantitative estimate of drug-likeness (QED) is 0.617. The number of hydrogen-bond donors (Lipinski definition) is 0. The molecule has 0 fully saturated rings. The fourth-order valence-corrected chi connectivity index (χ4v) is 1.65. The largest absolute Gasteiger partial charge is 0.390 e. The molecule has 2 aromatic rings. The summed E-state index contributed by atoms with van der Waals surface area (Å²) in [5, 5.41) is 12.2. The first-order chi connectivity index (χ1) is 10.2. The Bertz CT molecular complexity index is 661. The van der Waals surface area contributed by atoms with Gasteiger partial charge < -0.3 is 4.84 Å². The molecule has 0 aliphatic heterocycles. The van der Waals surface area contributed by atoms with Gasteiger partial charge in [-0.05, 0) is 17.7 Å². The molecule has 2 aromatic carbocycles. The Balaban J connectivity index is 1.95. The summed E-state index contributed by atoms with van der Waals surface area (Å²) in [7, 11) is 0. The van der Waals surface area contributed by atoms with Gasteiger partial charge in [0.2, 0.25) is 0 Å². The predicted octanol–water partition coefficient (Wildman–Crippen LogP) is 3.92. The van der Waals surface area contributed by atoms with E-state index in [0.29, 0.717) is 5.56 Å². The second kappa shape index (κ2) is 7.15. The minimum absolute atomic E-state index is 0.136. The van der Waals surface area contributed by atoms with Gasteiger partial charge in [0.1, 0.15) is 12.8 Å². The van der Waals surface area contributed by atoms with Crippen molar-refractivity contribution >= 4 is 6.21 Å². The van der Waals surface area contributed by atoms with Crippen LogP contribution in [0.25, 0.3) is 0 Å². The Kier molecular flexibility index (Phi) is 4.99. The van der Waals surface area contributed by atoms with Crippen molar-refractivity contribution in [1.29, 1.82) is 5.26 Å². The van der Waals surface area contributed by atoms with Crippen LogP contribution in [0, 0.1) is 11.3 Å². The topological polar surface area (TPSA) is 45.4 Å². The zero-order chi connectivity index (χ0) is 15.1. The molecule has 1 radical (unpaired) electrons. The van der Waals surface area contributed by atoms with Crippen molar-refractivity contribution in [2.75, 3.05) is 0 Å². The van der Waals surface area contributed by atoms with Crippen molar-refractivity contribution < 1.29 is 13.6 Å². The summed E-state index contributed by atoms with van der Waals surface area (Å²) >= 11 is 0. The summed E-state index contributed by atoms with van der Waals surface area (Å²) < 4.78 is 25.4. The molecular formula is C16H11F2N2O. The molecule has 0 saturated carbocycles. The molecule has 0 saturated heterocycles. The second-order valence-corrected chi connectivity index (χ2v) is 4.17. The van der Waals surface area contributed by atoms with Gasteiger partial charge >= 0.3 is 0 Å². The summed E-state index contributed by atoms with van der Waals surface area (Å²) in [6.45, 7) is 0.176. The van der Waals surface area contributed by atoms with Crippen molar-refractivity contribution in [3.05, 3.63) is 70.8 Å². The van der Waals surface area contributed by atoms with Crippen LogP contribution in [0.5, 0.6) is 0 Å². The molecule has 3 nitrogen and oxygen atoms in total. The van der Waals surface area contributed by atoms with E-state index in [4.69, 9.17) is 10.1 Å². The smallest absolute Gasteiger partial charge is 0.264 e. The molecular weight excluding hydrogens is 274 g/mol. The number of halogens is 2. The maximum atomic E-state index is 12.7. The van der Waals surface area contributed by atoms with Gasteiger partial charge in [0.15, 0.2) is 0 Å². The lowest BCUT2D eigenvalue weighted by Gasteiger charge is -2.03. The van der Waals surface area contributed by atoms with E-state index in [1.807, 2.05) is 6.07 Å². The summed E-state index contributed by atoms with van der Waals surface area (Å²) in [5.41, 5.74) is 1.44. The maximum Gasteiger partial charge on any atom is 0.264 e. The van der Waals surface area contributed by atoms with Gasteiger partial charge in [0.05, 0.1) is 11.6 Å². The maximum absolute atomic E-state index is 12.7. The molecule has 21 heavy (non-hydrogen) atoms. The number of nitriles is 1. The summed E-state index contributed by atoms with van der Waals surface area (Å²) in [6.07, 6.45) is -0.123. The van der Waals surface area contributed by atoms with E-state index in [0.717, 1.165) is 5.56 Å². The standard InChI is InChI=1S/C16H11F2N2O/c17-16(18)15-4-2-1-3-14(15)10-20-21-11-13-7-5-12(9-19)6-8-13/h1-8,16H,11H2. The van der Waals surface area contributed by atoms with Gasteiger partial charge in [-0.15, -0.1) is 0 Å². The van der Waals surface area contributed by atoms with Crippen LogP contribution in [-0.2, 0) is 11.4 Å². The third-order valence-corrected chi connectivity index (χ3v) is 2.74. The highest BCUT2D eigenvalue weighted by molar-refractivity contribution is 5.81. The van der Waals surface area contributed by atoms with Crippen LogP contribution in [-0.4, -0.2) is 6.21 Å². The fourth-order valence-electron chi connectivity index (χ4n) is 1.65. The summed E-state index contributed by atoms with van der Waals surface area (Å²) in [4.78, 5) is 5.02. The van der Waals surface area contributed by atoms with Crippen molar-refractivity contribution in [1.82, 2.24) is 0 Å². The normalized spacial score (nSPS) is 10.8. The van der Waals surface area contributed by atoms with Gasteiger partial charge in [0.25, 0.3) is 6.43 Å². The monoisotopic (exact) mass is 285 g/mol. The third-order valence-electron chi connectivity index (χ3n) is 2.74. The average Bonchev–Trinajstić information content (AvgIpc) is 2.52. The molecule has 0 atom stereocenters. The Morgan fingerprint density at radius 2 is 1.81 bits per heavy atom. The van der Waals surface area contributed by atoms with Crippen LogP contribution in [0.3, 0.4) is 0 Å². The minimum Gasteiger partial charge on any atom is -0.390 e. The molecule has 0 amide bonds. The highest BCUT2D eigenvalue weighted by atomic mass is 19.3. The van der Waals surface area contributed by atoms with E-state index in [2.05, 4.69) is 11.4 Å². The molecule has 0 heterocycles. The van der Waals surface area contributed by atoms with Crippen LogP contribution in [0.15, 0.2) is 53.7 Å². The highest BCUT2D eigenvalue weighted by Gasteiger charge is 2.10. The summed E-state index contributed by atoms with van der Waals surface area (Å²) in [6, 6.07) is 14.8. The zero-order valence-corrected chi connectivity index (χ0v) is 11.0. The van der Waals surface area contributed by atoms with Crippen LogP contribution in [0.2, 0.25) is 0 Å². The molecule has 0 spiro atoms. The van der Waals surface area contributed by atoms with Gasteiger partial charge in [-0.2, -0.15) is 5.26 Å². The number of benzene rings is 2. The third kappa shape index (κ3) is 4.11. The SMILES string of the molecule is N#Cc1ccc(CO/N=[C]\c2ccccc2C(F)F)cc1. The first-order valence-corrected chi connectivity index (χ1v) is 6.15. The van der Waals surface area contributed by atoms with Crippen molar-refractivity contribution in [2.24, 2.45) is 5.16 Å². The Labute approximate surface area is 121 Å². The van der Waals surface area contributed by atoms with E-state index >= 15 is 0 Å². The lowest BCUT2D eigenvalue weighted by atomic mass is 10.1. The molecule has 0 aliphatic rings. The van der Waals surface area contributed by atoms with Gasteiger partial charge in [-0.1, -0.05) is 41.6 Å². The minimum atomic E-state index is -2.58. The molecule has 0 aromatic heterocycles. The van der Waals surface area contributed by atoms with Crippen LogP contribution < -0.4 is 0 Å². The van der Waals surface area contributed by atoms with E-state index in [1.54, 1.807) is 30.3 Å². The Hall–Kier alpha value is -2.74. The number of alkyl halides is 2. The van der Waals surface area contributed by atoms with E-state index in [-0.39, 0.29) is 17.7 Å². The van der Waals surface area contributed by atoms with Crippen molar-refractivity contribution in [2.45, 2.75) is 13.0 Å². The van der Waals surface area contributed by atoms with Crippen molar-refractivity contribution in [3.63, 3.8) is 0 Å². The first-order valence-electron chi connectivity index (χ1n) is 6.15. The molecule has 5 heteroatoms. The molecule has 105 valence electrons. The van der Waals surface area contributed by atoms with E-state index < -0.39 is 6.43 Å². The van der Waals surface area contributed by atoms with E-state index in [9.17, 15) is 8.78 Å². The number of nitrogens with zero attached hydrogens (tertiary/aromatic N) is 2. The predicted molar refractivity (Wildman–Crippen MR) is 73.9 cm³/mol. The van der Waals surface area contributed by atoms with Gasteiger partial charge in [-0.25, -0.2) is 8.78 Å². The summed E-state index contributed by atoms with van der Waals surface area (Å²) in [5.74, 6) is 0. The lowest BCUT2D eigenvalue weighted by Crippen LogP contribution is -1.94. The van der Waals surface area contributed by atoms with Gasteiger partial charge in [0, 0.05) is 11.1 Å². The molecule has 0 aliphatic carbocycles. The molecule has 0 N–H and O–H groups in total. The fraction of sp³-hybridized carbons (Fsp3) is 0.125. The first kappa shape index (κ1) is 14.7. The second-order valence-electron chi connectivity index (χ2n) is 4.17. The Morgan fingerprint density at radius 1 is 1.10 bits per heavy atom. The van der Waals surface area contributed by atoms with Crippen LogP contribution in [0.1, 0.15) is 28.7 Å². The zero-order valence-electron chi connectivity index (χ0n) is 11.0. The van der Waals surface area contributed by atoms with Crippen molar-refractivity contribution in [3.8, 4) is 6.07 Å². The Morgan fingerprint density at radius 3 is 2.48 bits per heavy atom. The van der Waals surface area contributed by atoms with E-state index in [1.165, 1.54) is 18.2 Å². The van der Waals surface area contributed by atoms with Gasteiger partial charge in [-0.3, -0.25) is 0 Å². The molecule has 2 rings (SSSR count). The number of rotatable bonds is 5. The van der Waals surface area contributed by atoms with Crippen LogP contribution >= 0.6 is 0 Å². The molecule has 0 unspecified atom stereocenters.